The zero-order chi connectivity index (χ0) is 23.0. The van der Waals surface area contributed by atoms with Crippen LogP contribution in [0.5, 0.6) is 0 Å². The lowest BCUT2D eigenvalue weighted by molar-refractivity contribution is 0.0316. The maximum Gasteiger partial charge on any atom is 0.288 e. The van der Waals surface area contributed by atoms with E-state index in [4.69, 9.17) is 16.1 Å². The van der Waals surface area contributed by atoms with Crippen molar-refractivity contribution in [3.63, 3.8) is 0 Å². The van der Waals surface area contributed by atoms with Gasteiger partial charge in [-0.3, -0.25) is 9.78 Å². The third kappa shape index (κ3) is 4.16. The number of pyridine rings is 1. The average molecular weight is 457 g/mol. The lowest BCUT2D eigenvalue weighted by Gasteiger charge is -2.50. The molecule has 0 amide bonds. The molecule has 1 saturated carbocycles. The number of nitrogens with zero attached hydrogens (tertiary/aromatic N) is 5. The molecule has 0 radical (unpaired) electrons. The third-order valence-corrected chi connectivity index (χ3v) is 7.86. The Bertz CT molecular complexity index is 1140. The molecule has 1 aliphatic carbocycles. The highest BCUT2D eigenvalue weighted by molar-refractivity contribution is 6.32. The first-order chi connectivity index (χ1) is 15.2. The Morgan fingerprint density at radius 1 is 1.25 bits per heavy atom. The summed E-state index contributed by atoms with van der Waals surface area (Å²) in [6.07, 6.45) is 5.92. The molecule has 0 aliphatic heterocycles. The summed E-state index contributed by atoms with van der Waals surface area (Å²) in [5, 5.41) is 11.9. The first-order valence-corrected chi connectivity index (χ1v) is 11.3. The zero-order valence-electron chi connectivity index (χ0n) is 19.0. The maximum atomic E-state index is 12.9. The SMILES string of the molecule is C[C@@H]1[C@@H](C)C(C)(C)[C@@H](C)C[C@H]1Nc1cnn(Cc2nc(-c3ccncc3)no2)c(=O)c1Cl. The molecule has 1 N–H and O–H groups in total. The molecule has 3 aromatic heterocycles. The first kappa shape index (κ1) is 22.5. The van der Waals surface area contributed by atoms with Gasteiger partial charge in [0.05, 0.1) is 11.9 Å². The van der Waals surface area contributed by atoms with E-state index in [1.807, 2.05) is 0 Å². The minimum absolute atomic E-state index is 0.0407. The van der Waals surface area contributed by atoms with Gasteiger partial charge in [0.1, 0.15) is 11.6 Å². The fraction of sp³-hybridized carbons (Fsp3) is 0.522. The summed E-state index contributed by atoms with van der Waals surface area (Å²) < 4.78 is 6.52. The van der Waals surface area contributed by atoms with Crippen LogP contribution in [0.25, 0.3) is 11.4 Å². The number of halogens is 1. The summed E-state index contributed by atoms with van der Waals surface area (Å²) in [7, 11) is 0. The molecule has 0 saturated heterocycles. The Balaban J connectivity index is 1.51. The predicted octanol–water partition coefficient (Wildman–Crippen LogP) is 4.51. The molecule has 0 spiro atoms. The van der Waals surface area contributed by atoms with Gasteiger partial charge in [0.2, 0.25) is 11.7 Å². The molecule has 0 bridgehead atoms. The van der Waals surface area contributed by atoms with Crippen molar-refractivity contribution in [3.8, 4) is 11.4 Å². The number of nitrogens with one attached hydrogen (secondary N) is 1. The van der Waals surface area contributed by atoms with Crippen LogP contribution >= 0.6 is 11.6 Å². The standard InChI is InChI=1S/C23H29ClN6O2/c1-13-10-17(14(2)15(3)23(13,4)5)27-18-11-26-30(22(31)20(18)24)12-19-28-21(29-32-19)16-6-8-25-9-7-16/h6-9,11,13-15,17,27H,10,12H2,1-5H3/t13-,14+,15+,17+/m0/s1. The van der Waals surface area contributed by atoms with Gasteiger partial charge < -0.3 is 9.84 Å². The molecule has 4 atom stereocenters. The minimum atomic E-state index is -0.398. The lowest BCUT2D eigenvalue weighted by Crippen LogP contribution is -2.48. The second-order valence-electron chi connectivity index (χ2n) is 9.44. The molecule has 4 rings (SSSR count). The lowest BCUT2D eigenvalue weighted by atomic mass is 9.58. The Kier molecular flexibility index (Phi) is 6.07. The van der Waals surface area contributed by atoms with E-state index in [0.29, 0.717) is 29.3 Å². The molecule has 0 unspecified atom stereocenters. The van der Waals surface area contributed by atoms with Crippen molar-refractivity contribution in [2.45, 2.75) is 53.6 Å². The molecule has 1 fully saturated rings. The van der Waals surface area contributed by atoms with E-state index in [0.717, 1.165) is 12.0 Å². The van der Waals surface area contributed by atoms with E-state index in [-0.39, 0.29) is 28.9 Å². The van der Waals surface area contributed by atoms with E-state index in [1.165, 1.54) is 4.68 Å². The van der Waals surface area contributed by atoms with Crippen LogP contribution in [-0.2, 0) is 6.54 Å². The van der Waals surface area contributed by atoms with Crippen molar-refractivity contribution in [2.75, 3.05) is 5.32 Å². The van der Waals surface area contributed by atoms with Crippen LogP contribution in [0.15, 0.2) is 40.0 Å². The van der Waals surface area contributed by atoms with Gasteiger partial charge in [-0.1, -0.05) is 51.4 Å². The van der Waals surface area contributed by atoms with Crippen molar-refractivity contribution < 1.29 is 4.52 Å². The normalized spacial score (nSPS) is 24.9. The van der Waals surface area contributed by atoms with Gasteiger partial charge in [-0.25, -0.2) is 4.68 Å². The molecular formula is C23H29ClN6O2. The Morgan fingerprint density at radius 3 is 2.69 bits per heavy atom. The van der Waals surface area contributed by atoms with Crippen LogP contribution in [0, 0.1) is 23.2 Å². The second kappa shape index (κ2) is 8.65. The molecule has 3 heterocycles. The molecule has 170 valence electrons. The molecule has 32 heavy (non-hydrogen) atoms. The second-order valence-corrected chi connectivity index (χ2v) is 9.82. The van der Waals surface area contributed by atoms with Crippen molar-refractivity contribution in [1.82, 2.24) is 24.9 Å². The van der Waals surface area contributed by atoms with E-state index in [9.17, 15) is 4.79 Å². The summed E-state index contributed by atoms with van der Waals surface area (Å²) in [5.74, 6) is 2.21. The molecular weight excluding hydrogens is 428 g/mol. The third-order valence-electron chi connectivity index (χ3n) is 7.49. The predicted molar refractivity (Wildman–Crippen MR) is 123 cm³/mol. The number of hydrogen-bond donors (Lipinski definition) is 1. The van der Waals surface area contributed by atoms with Crippen LogP contribution in [0.3, 0.4) is 0 Å². The maximum absolute atomic E-state index is 12.9. The number of anilines is 1. The molecule has 1 aliphatic rings. The van der Waals surface area contributed by atoms with Gasteiger partial charge in [-0.05, 0) is 41.7 Å². The highest BCUT2D eigenvalue weighted by Crippen LogP contribution is 2.48. The van der Waals surface area contributed by atoms with Gasteiger partial charge in [0.25, 0.3) is 5.56 Å². The van der Waals surface area contributed by atoms with Crippen molar-refractivity contribution in [1.29, 1.82) is 0 Å². The fourth-order valence-corrected chi connectivity index (χ4v) is 4.71. The Hall–Kier alpha value is -2.74. The van der Waals surface area contributed by atoms with Crippen LogP contribution in [-0.4, -0.2) is 30.9 Å². The smallest absolute Gasteiger partial charge is 0.288 e. The molecule has 3 aromatic rings. The first-order valence-electron chi connectivity index (χ1n) is 10.9. The summed E-state index contributed by atoms with van der Waals surface area (Å²) in [5.41, 5.74) is 1.21. The number of rotatable bonds is 5. The number of aromatic nitrogens is 5. The van der Waals surface area contributed by atoms with Crippen molar-refractivity contribution in [3.05, 3.63) is 52.0 Å². The van der Waals surface area contributed by atoms with Crippen molar-refractivity contribution >= 4 is 17.3 Å². The summed E-state index contributed by atoms with van der Waals surface area (Å²) in [6, 6.07) is 3.79. The summed E-state index contributed by atoms with van der Waals surface area (Å²) in [6.45, 7) is 11.6. The molecule has 9 heteroatoms. The molecule has 8 nitrogen and oxygen atoms in total. The van der Waals surface area contributed by atoms with Gasteiger partial charge in [0, 0.05) is 24.0 Å². The zero-order valence-corrected chi connectivity index (χ0v) is 19.8. The minimum Gasteiger partial charge on any atom is -0.379 e. The van der Waals surface area contributed by atoms with E-state index in [1.54, 1.807) is 30.7 Å². The monoisotopic (exact) mass is 456 g/mol. The van der Waals surface area contributed by atoms with Crippen LogP contribution in [0.4, 0.5) is 5.69 Å². The number of hydrogen-bond acceptors (Lipinski definition) is 7. The van der Waals surface area contributed by atoms with E-state index in [2.05, 4.69) is 60.2 Å². The molecule has 0 aromatic carbocycles. The van der Waals surface area contributed by atoms with Crippen molar-refractivity contribution in [2.24, 2.45) is 23.2 Å². The van der Waals surface area contributed by atoms with Gasteiger partial charge >= 0.3 is 0 Å². The van der Waals surface area contributed by atoms with Crippen LogP contribution in [0.2, 0.25) is 5.02 Å². The largest absolute Gasteiger partial charge is 0.379 e. The van der Waals surface area contributed by atoms with Gasteiger partial charge in [0.15, 0.2) is 0 Å². The summed E-state index contributed by atoms with van der Waals surface area (Å²) >= 11 is 6.45. The quantitative estimate of drug-likeness (QED) is 0.602. The van der Waals surface area contributed by atoms with Gasteiger partial charge in [-0.15, -0.1) is 0 Å². The van der Waals surface area contributed by atoms with Crippen LogP contribution < -0.4 is 10.9 Å². The topological polar surface area (TPSA) is 98.7 Å². The highest BCUT2D eigenvalue weighted by atomic mass is 35.5. The van der Waals surface area contributed by atoms with Gasteiger partial charge in [-0.2, -0.15) is 10.1 Å². The van der Waals surface area contributed by atoms with E-state index >= 15 is 0 Å². The highest BCUT2D eigenvalue weighted by Gasteiger charge is 2.43. The van der Waals surface area contributed by atoms with Crippen LogP contribution in [0.1, 0.15) is 46.9 Å². The fourth-order valence-electron chi connectivity index (χ4n) is 4.51. The average Bonchev–Trinajstić information content (AvgIpc) is 3.25. The van der Waals surface area contributed by atoms with E-state index < -0.39 is 5.56 Å². The Labute approximate surface area is 192 Å². The Morgan fingerprint density at radius 2 is 1.97 bits per heavy atom. The summed E-state index contributed by atoms with van der Waals surface area (Å²) in [4.78, 5) is 21.2.